The van der Waals surface area contributed by atoms with E-state index in [0.717, 1.165) is 0 Å². The zero-order valence-corrected chi connectivity index (χ0v) is 13.1. The van der Waals surface area contributed by atoms with Crippen LogP contribution in [0.5, 0.6) is 0 Å². The highest BCUT2D eigenvalue weighted by molar-refractivity contribution is 7.89. The van der Waals surface area contributed by atoms with Crippen molar-refractivity contribution >= 4 is 27.3 Å². The Morgan fingerprint density at radius 1 is 1.45 bits per heavy atom. The standard InChI is InChI=1S/C13H19ClN2O3S/c1-8-3-11(6-12(15)13(8)14)20(18,19)16(2)7-9-4-10(17)5-9/h3,6,9-10,17H,4-5,7,15H2,1-2H3. The molecule has 3 N–H and O–H groups in total. The molecule has 0 amide bonds. The number of aryl methyl sites for hydroxylation is 1. The van der Waals surface area contributed by atoms with Crippen molar-refractivity contribution in [3.8, 4) is 0 Å². The molecule has 1 aliphatic rings. The van der Waals surface area contributed by atoms with Crippen molar-refractivity contribution < 1.29 is 13.5 Å². The summed E-state index contributed by atoms with van der Waals surface area (Å²) in [5.74, 6) is 0.218. The largest absolute Gasteiger partial charge is 0.397 e. The predicted molar refractivity (Wildman–Crippen MR) is 79.1 cm³/mol. The topological polar surface area (TPSA) is 83.6 Å². The van der Waals surface area contributed by atoms with Gasteiger partial charge in [-0.1, -0.05) is 11.6 Å². The van der Waals surface area contributed by atoms with E-state index in [1.54, 1.807) is 14.0 Å². The van der Waals surface area contributed by atoms with Crippen LogP contribution in [0.3, 0.4) is 0 Å². The molecule has 0 atom stereocenters. The fraction of sp³-hybridized carbons (Fsp3) is 0.538. The fourth-order valence-electron chi connectivity index (χ4n) is 2.40. The first kappa shape index (κ1) is 15.6. The number of hydrogen-bond acceptors (Lipinski definition) is 4. The highest BCUT2D eigenvalue weighted by atomic mass is 35.5. The maximum absolute atomic E-state index is 12.5. The highest BCUT2D eigenvalue weighted by Crippen LogP contribution is 2.31. The molecule has 20 heavy (non-hydrogen) atoms. The van der Waals surface area contributed by atoms with Gasteiger partial charge in [-0.15, -0.1) is 0 Å². The van der Waals surface area contributed by atoms with Crippen LogP contribution in [-0.4, -0.2) is 37.5 Å². The van der Waals surface area contributed by atoms with Gasteiger partial charge < -0.3 is 10.8 Å². The van der Waals surface area contributed by atoms with Gasteiger partial charge in [-0.3, -0.25) is 0 Å². The molecule has 1 aliphatic carbocycles. The number of aliphatic hydroxyl groups excluding tert-OH is 1. The highest BCUT2D eigenvalue weighted by Gasteiger charge is 2.32. The van der Waals surface area contributed by atoms with E-state index in [4.69, 9.17) is 17.3 Å². The van der Waals surface area contributed by atoms with Gasteiger partial charge in [-0.05, 0) is 43.4 Å². The van der Waals surface area contributed by atoms with Crippen LogP contribution in [0.4, 0.5) is 5.69 Å². The normalized spacial score (nSPS) is 22.9. The Kier molecular flexibility index (Phi) is 4.30. The first-order valence-corrected chi connectivity index (χ1v) is 8.23. The van der Waals surface area contributed by atoms with Gasteiger partial charge >= 0.3 is 0 Å². The fourth-order valence-corrected chi connectivity index (χ4v) is 3.88. The second-order valence-corrected chi connectivity index (χ2v) is 7.84. The van der Waals surface area contributed by atoms with Gasteiger partial charge in [0, 0.05) is 13.6 Å². The minimum absolute atomic E-state index is 0.152. The molecular weight excluding hydrogens is 300 g/mol. The number of anilines is 1. The van der Waals surface area contributed by atoms with E-state index in [-0.39, 0.29) is 22.6 Å². The lowest BCUT2D eigenvalue weighted by molar-refractivity contribution is 0.0367. The van der Waals surface area contributed by atoms with Crippen LogP contribution in [0.15, 0.2) is 17.0 Å². The Morgan fingerprint density at radius 3 is 2.55 bits per heavy atom. The minimum atomic E-state index is -3.58. The average molecular weight is 319 g/mol. The molecular formula is C13H19ClN2O3S. The van der Waals surface area contributed by atoms with Crippen molar-refractivity contribution in [1.29, 1.82) is 0 Å². The second kappa shape index (κ2) is 5.52. The Hall–Kier alpha value is -0.820. The third-order valence-electron chi connectivity index (χ3n) is 3.69. The Labute approximate surface area is 124 Å². The molecule has 0 heterocycles. The molecule has 0 spiro atoms. The second-order valence-electron chi connectivity index (χ2n) is 5.42. The molecule has 0 unspecified atom stereocenters. The molecule has 0 bridgehead atoms. The number of benzene rings is 1. The summed E-state index contributed by atoms with van der Waals surface area (Å²) in [5, 5.41) is 9.64. The summed E-state index contributed by atoms with van der Waals surface area (Å²) in [5.41, 5.74) is 6.63. The molecule has 0 aliphatic heterocycles. The number of nitrogen functional groups attached to an aromatic ring is 1. The summed E-state index contributed by atoms with van der Waals surface area (Å²) in [4.78, 5) is 0.152. The number of nitrogens with two attached hydrogens (primary N) is 1. The lowest BCUT2D eigenvalue weighted by atomic mass is 9.82. The average Bonchev–Trinajstić information content (AvgIpc) is 2.33. The molecule has 0 aromatic heterocycles. The molecule has 1 fully saturated rings. The van der Waals surface area contributed by atoms with E-state index in [9.17, 15) is 13.5 Å². The number of nitrogens with zero attached hydrogens (tertiary/aromatic N) is 1. The molecule has 1 saturated carbocycles. The number of rotatable bonds is 4. The van der Waals surface area contributed by atoms with Crippen molar-refractivity contribution in [2.75, 3.05) is 19.3 Å². The Balaban J connectivity index is 2.21. The van der Waals surface area contributed by atoms with Crippen molar-refractivity contribution in [1.82, 2.24) is 4.31 Å². The third kappa shape index (κ3) is 2.93. The molecule has 2 rings (SSSR count). The van der Waals surface area contributed by atoms with E-state index in [2.05, 4.69) is 0 Å². The number of hydrogen-bond donors (Lipinski definition) is 2. The van der Waals surface area contributed by atoms with Gasteiger partial charge in [0.25, 0.3) is 0 Å². The quantitative estimate of drug-likeness (QED) is 0.826. The molecule has 0 radical (unpaired) electrons. The van der Waals surface area contributed by atoms with Gasteiger partial charge in [0.1, 0.15) is 0 Å². The summed E-state index contributed by atoms with van der Waals surface area (Å²) in [6.07, 6.45) is 1.02. The number of sulfonamides is 1. The van der Waals surface area contributed by atoms with E-state index in [0.29, 0.717) is 30.0 Å². The summed E-state index contributed by atoms with van der Waals surface area (Å²) >= 11 is 5.95. The summed E-state index contributed by atoms with van der Waals surface area (Å²) in [6, 6.07) is 2.91. The minimum Gasteiger partial charge on any atom is -0.397 e. The van der Waals surface area contributed by atoms with Crippen LogP contribution in [0.2, 0.25) is 5.02 Å². The lowest BCUT2D eigenvalue weighted by Gasteiger charge is -2.34. The Morgan fingerprint density at radius 2 is 2.05 bits per heavy atom. The van der Waals surface area contributed by atoms with Gasteiger partial charge in [-0.25, -0.2) is 12.7 Å². The monoisotopic (exact) mass is 318 g/mol. The van der Waals surface area contributed by atoms with Gasteiger partial charge in [0.2, 0.25) is 10.0 Å². The van der Waals surface area contributed by atoms with Crippen LogP contribution in [-0.2, 0) is 10.0 Å². The van der Waals surface area contributed by atoms with Crippen LogP contribution < -0.4 is 5.73 Å². The van der Waals surface area contributed by atoms with Crippen molar-refractivity contribution in [3.05, 3.63) is 22.7 Å². The predicted octanol–water partition coefficient (Wildman–Crippen LogP) is 1.62. The molecule has 7 heteroatoms. The molecule has 1 aromatic carbocycles. The molecule has 112 valence electrons. The van der Waals surface area contributed by atoms with Crippen LogP contribution in [0, 0.1) is 12.8 Å². The summed E-state index contributed by atoms with van der Waals surface area (Å²) in [6.45, 7) is 2.13. The zero-order valence-electron chi connectivity index (χ0n) is 11.5. The summed E-state index contributed by atoms with van der Waals surface area (Å²) < 4.78 is 26.3. The maximum Gasteiger partial charge on any atom is 0.242 e. The third-order valence-corrected chi connectivity index (χ3v) is 6.01. The van der Waals surface area contributed by atoms with Crippen LogP contribution in [0.25, 0.3) is 0 Å². The molecule has 5 nitrogen and oxygen atoms in total. The van der Waals surface area contributed by atoms with Crippen molar-refractivity contribution in [2.45, 2.75) is 30.8 Å². The van der Waals surface area contributed by atoms with Gasteiger partial charge in [0.15, 0.2) is 0 Å². The Bertz CT molecular complexity index is 589. The maximum atomic E-state index is 12.5. The first-order valence-electron chi connectivity index (χ1n) is 6.42. The van der Waals surface area contributed by atoms with E-state index >= 15 is 0 Å². The van der Waals surface area contributed by atoms with Crippen LogP contribution in [0.1, 0.15) is 18.4 Å². The summed E-state index contributed by atoms with van der Waals surface area (Å²) in [7, 11) is -2.03. The van der Waals surface area contributed by atoms with E-state index in [1.807, 2.05) is 0 Å². The molecule has 0 saturated heterocycles. The van der Waals surface area contributed by atoms with Gasteiger partial charge in [-0.2, -0.15) is 0 Å². The van der Waals surface area contributed by atoms with Crippen molar-refractivity contribution in [3.63, 3.8) is 0 Å². The smallest absolute Gasteiger partial charge is 0.242 e. The zero-order chi connectivity index (χ0) is 15.1. The number of halogens is 1. The number of aliphatic hydroxyl groups is 1. The lowest BCUT2D eigenvalue weighted by Crippen LogP contribution is -2.39. The van der Waals surface area contributed by atoms with Crippen LogP contribution >= 0.6 is 11.6 Å². The SMILES string of the molecule is Cc1cc(S(=O)(=O)N(C)CC2CC(O)C2)cc(N)c1Cl. The van der Waals surface area contributed by atoms with E-state index in [1.165, 1.54) is 16.4 Å². The van der Waals surface area contributed by atoms with Gasteiger partial charge in [0.05, 0.1) is 21.7 Å². The first-order chi connectivity index (χ1) is 9.21. The van der Waals surface area contributed by atoms with E-state index < -0.39 is 10.0 Å². The van der Waals surface area contributed by atoms with Crippen molar-refractivity contribution in [2.24, 2.45) is 5.92 Å². The molecule has 1 aromatic rings.